The van der Waals surface area contributed by atoms with Crippen LogP contribution in [0.15, 0.2) is 42.6 Å². The second kappa shape index (κ2) is 5.81. The molecule has 2 aromatic rings. The Balaban J connectivity index is 2.42. The van der Waals surface area contributed by atoms with Crippen LogP contribution in [-0.4, -0.2) is 11.5 Å². The van der Waals surface area contributed by atoms with Crippen molar-refractivity contribution < 1.29 is 13.2 Å². The fourth-order valence-corrected chi connectivity index (χ4v) is 2.25. The minimum absolute atomic E-state index is 0.0286. The van der Waals surface area contributed by atoms with Crippen LogP contribution >= 0.6 is 11.6 Å². The van der Waals surface area contributed by atoms with Gasteiger partial charge in [-0.1, -0.05) is 41.9 Å². The molecule has 0 spiro atoms. The van der Waals surface area contributed by atoms with Crippen LogP contribution in [-0.2, 0) is 6.18 Å². The standard InChI is InChI=1S/C14H12ClF3N2/c15-12-6-10(14(16,17)18)8-20-13(12)11(7-19)9-4-2-1-3-5-9/h1-6,8,11H,7,19H2. The SMILES string of the molecule is NCC(c1ccccc1)c1ncc(C(F)(F)F)cc1Cl. The highest BCUT2D eigenvalue weighted by Crippen LogP contribution is 2.34. The maximum Gasteiger partial charge on any atom is 0.417 e. The third-order valence-corrected chi connectivity index (χ3v) is 3.27. The Morgan fingerprint density at radius 3 is 2.35 bits per heavy atom. The monoisotopic (exact) mass is 300 g/mol. The van der Waals surface area contributed by atoms with E-state index in [1.807, 2.05) is 30.3 Å². The molecule has 106 valence electrons. The molecule has 1 unspecified atom stereocenters. The van der Waals surface area contributed by atoms with Crippen molar-refractivity contribution in [3.63, 3.8) is 0 Å². The Bertz CT molecular complexity index is 585. The summed E-state index contributed by atoms with van der Waals surface area (Å²) in [5.74, 6) is -0.328. The first kappa shape index (κ1) is 14.8. The number of hydrogen-bond acceptors (Lipinski definition) is 2. The first-order valence-corrected chi connectivity index (χ1v) is 6.29. The quantitative estimate of drug-likeness (QED) is 0.935. The number of rotatable bonds is 3. The molecule has 0 radical (unpaired) electrons. The van der Waals surface area contributed by atoms with E-state index in [0.717, 1.165) is 17.8 Å². The van der Waals surface area contributed by atoms with Crippen molar-refractivity contribution in [2.75, 3.05) is 6.54 Å². The molecular formula is C14H12ClF3N2. The zero-order valence-electron chi connectivity index (χ0n) is 10.4. The molecule has 1 heterocycles. The fourth-order valence-electron chi connectivity index (χ4n) is 1.95. The molecule has 0 bridgehead atoms. The van der Waals surface area contributed by atoms with Gasteiger partial charge in [-0.25, -0.2) is 0 Å². The first-order chi connectivity index (χ1) is 9.43. The number of alkyl halides is 3. The van der Waals surface area contributed by atoms with Crippen molar-refractivity contribution in [2.45, 2.75) is 12.1 Å². The van der Waals surface area contributed by atoms with Crippen LogP contribution in [0.3, 0.4) is 0 Å². The summed E-state index contributed by atoms with van der Waals surface area (Å²) in [7, 11) is 0. The van der Waals surface area contributed by atoms with Gasteiger partial charge in [-0.05, 0) is 11.6 Å². The maximum atomic E-state index is 12.6. The summed E-state index contributed by atoms with van der Waals surface area (Å²) in [6, 6.07) is 10.1. The summed E-state index contributed by atoms with van der Waals surface area (Å²) >= 11 is 5.94. The average Bonchev–Trinajstić information content (AvgIpc) is 2.41. The molecule has 0 amide bonds. The van der Waals surface area contributed by atoms with E-state index in [9.17, 15) is 13.2 Å². The lowest BCUT2D eigenvalue weighted by atomic mass is 9.95. The Labute approximate surface area is 119 Å². The van der Waals surface area contributed by atoms with E-state index in [1.54, 1.807) is 0 Å². The normalized spacial score (nSPS) is 13.2. The van der Waals surface area contributed by atoms with Crippen LogP contribution in [0.5, 0.6) is 0 Å². The van der Waals surface area contributed by atoms with E-state index in [1.165, 1.54) is 0 Å². The average molecular weight is 301 g/mol. The van der Waals surface area contributed by atoms with E-state index < -0.39 is 11.7 Å². The van der Waals surface area contributed by atoms with Crippen molar-refractivity contribution in [3.8, 4) is 0 Å². The molecule has 6 heteroatoms. The van der Waals surface area contributed by atoms with Gasteiger partial charge in [0.15, 0.2) is 0 Å². The summed E-state index contributed by atoms with van der Waals surface area (Å²) in [6.45, 7) is 0.210. The Morgan fingerprint density at radius 1 is 1.20 bits per heavy atom. The lowest BCUT2D eigenvalue weighted by molar-refractivity contribution is -0.137. The summed E-state index contributed by atoms with van der Waals surface area (Å²) in [5.41, 5.74) is 6.06. The zero-order chi connectivity index (χ0) is 14.8. The van der Waals surface area contributed by atoms with Gasteiger partial charge in [0.25, 0.3) is 0 Å². The number of hydrogen-bond donors (Lipinski definition) is 1. The third-order valence-electron chi connectivity index (χ3n) is 2.96. The van der Waals surface area contributed by atoms with Crippen LogP contribution < -0.4 is 5.73 Å². The van der Waals surface area contributed by atoms with Gasteiger partial charge < -0.3 is 5.73 Å². The van der Waals surface area contributed by atoms with E-state index in [-0.39, 0.29) is 17.5 Å². The largest absolute Gasteiger partial charge is 0.417 e. The fraction of sp³-hybridized carbons (Fsp3) is 0.214. The van der Waals surface area contributed by atoms with Gasteiger partial charge in [0, 0.05) is 18.7 Å². The highest BCUT2D eigenvalue weighted by Gasteiger charge is 2.32. The molecule has 2 nitrogen and oxygen atoms in total. The molecular weight excluding hydrogens is 289 g/mol. The van der Waals surface area contributed by atoms with Crippen LogP contribution in [0.1, 0.15) is 22.7 Å². The number of nitrogens with two attached hydrogens (primary N) is 1. The van der Waals surface area contributed by atoms with E-state index in [2.05, 4.69) is 4.98 Å². The molecule has 2 N–H and O–H groups in total. The van der Waals surface area contributed by atoms with Crippen molar-refractivity contribution in [1.82, 2.24) is 4.98 Å². The van der Waals surface area contributed by atoms with Crippen LogP contribution in [0.4, 0.5) is 13.2 Å². The van der Waals surface area contributed by atoms with Gasteiger partial charge in [-0.15, -0.1) is 0 Å². The summed E-state index contributed by atoms with van der Waals surface area (Å²) < 4.78 is 37.7. The lowest BCUT2D eigenvalue weighted by Crippen LogP contribution is -2.16. The number of halogens is 4. The van der Waals surface area contributed by atoms with Crippen molar-refractivity contribution >= 4 is 11.6 Å². The van der Waals surface area contributed by atoms with Crippen LogP contribution in [0.25, 0.3) is 0 Å². The Hall–Kier alpha value is -1.59. The van der Waals surface area contributed by atoms with Crippen molar-refractivity contribution in [2.24, 2.45) is 5.73 Å². The van der Waals surface area contributed by atoms with Crippen molar-refractivity contribution in [1.29, 1.82) is 0 Å². The van der Waals surface area contributed by atoms with Gasteiger partial charge in [-0.3, -0.25) is 4.98 Å². The molecule has 1 aromatic heterocycles. The predicted molar refractivity (Wildman–Crippen MR) is 71.6 cm³/mol. The summed E-state index contributed by atoms with van der Waals surface area (Å²) in [6.07, 6.45) is -3.67. The smallest absolute Gasteiger partial charge is 0.329 e. The predicted octanol–water partition coefficient (Wildman–Crippen LogP) is 3.84. The highest BCUT2D eigenvalue weighted by atomic mass is 35.5. The van der Waals surface area contributed by atoms with Crippen molar-refractivity contribution in [3.05, 3.63) is 64.4 Å². The summed E-state index contributed by atoms with van der Waals surface area (Å²) in [4.78, 5) is 3.86. The van der Waals surface area contributed by atoms with Gasteiger partial charge in [0.05, 0.1) is 16.3 Å². The molecule has 1 aromatic carbocycles. The molecule has 0 fully saturated rings. The number of pyridine rings is 1. The Kier molecular flexibility index (Phi) is 4.30. The van der Waals surface area contributed by atoms with Gasteiger partial charge in [-0.2, -0.15) is 13.2 Å². The molecule has 2 rings (SSSR count). The van der Waals surface area contributed by atoms with Crippen LogP contribution in [0, 0.1) is 0 Å². The molecule has 0 saturated carbocycles. The number of nitrogens with zero attached hydrogens (tertiary/aromatic N) is 1. The number of aromatic nitrogens is 1. The van der Waals surface area contributed by atoms with Gasteiger partial charge in [0.2, 0.25) is 0 Å². The van der Waals surface area contributed by atoms with Gasteiger partial charge in [0.1, 0.15) is 0 Å². The zero-order valence-corrected chi connectivity index (χ0v) is 11.1. The minimum Gasteiger partial charge on any atom is -0.329 e. The third kappa shape index (κ3) is 3.11. The Morgan fingerprint density at radius 2 is 1.85 bits per heavy atom. The molecule has 1 atom stereocenters. The molecule has 0 aliphatic rings. The second-order valence-electron chi connectivity index (χ2n) is 4.29. The van der Waals surface area contributed by atoms with E-state index in [4.69, 9.17) is 17.3 Å². The molecule has 0 aliphatic heterocycles. The van der Waals surface area contributed by atoms with Gasteiger partial charge >= 0.3 is 6.18 Å². The first-order valence-electron chi connectivity index (χ1n) is 5.91. The second-order valence-corrected chi connectivity index (χ2v) is 4.69. The molecule has 20 heavy (non-hydrogen) atoms. The number of benzene rings is 1. The van der Waals surface area contributed by atoms with E-state index >= 15 is 0 Å². The molecule has 0 saturated heterocycles. The minimum atomic E-state index is -4.46. The van der Waals surface area contributed by atoms with Crippen LogP contribution in [0.2, 0.25) is 5.02 Å². The lowest BCUT2D eigenvalue weighted by Gasteiger charge is -2.17. The maximum absolute atomic E-state index is 12.6. The topological polar surface area (TPSA) is 38.9 Å². The summed E-state index contributed by atoms with van der Waals surface area (Å²) in [5, 5.41) is -0.0286. The molecule has 0 aliphatic carbocycles. The highest BCUT2D eigenvalue weighted by molar-refractivity contribution is 6.31. The van der Waals surface area contributed by atoms with E-state index in [0.29, 0.717) is 5.69 Å².